The van der Waals surface area contributed by atoms with Gasteiger partial charge in [-0.25, -0.2) is 9.67 Å². The van der Waals surface area contributed by atoms with E-state index in [0.717, 1.165) is 48.3 Å². The number of benzene rings is 1. The second kappa shape index (κ2) is 7.53. The van der Waals surface area contributed by atoms with Crippen molar-refractivity contribution in [1.29, 1.82) is 0 Å². The van der Waals surface area contributed by atoms with E-state index in [0.29, 0.717) is 29.1 Å². The van der Waals surface area contributed by atoms with Gasteiger partial charge < -0.3 is 5.73 Å². The Morgan fingerprint density at radius 2 is 2.08 bits per heavy atom. The number of rotatable bonds is 5. The Morgan fingerprint density at radius 3 is 2.92 bits per heavy atom. The molecule has 1 fully saturated rings. The molecular weight excluding hydrogens is 369 g/mol. The van der Waals surface area contributed by atoms with Gasteiger partial charge in [-0.05, 0) is 36.7 Å². The van der Waals surface area contributed by atoms with Gasteiger partial charge in [0.25, 0.3) is 0 Å². The highest BCUT2D eigenvalue weighted by Crippen LogP contribution is 2.33. The summed E-state index contributed by atoms with van der Waals surface area (Å²) in [6.07, 6.45) is 2.88. The lowest BCUT2D eigenvalue weighted by Crippen LogP contribution is -2.20. The van der Waals surface area contributed by atoms with Crippen LogP contribution in [0.2, 0.25) is 10.0 Å². The van der Waals surface area contributed by atoms with Gasteiger partial charge in [-0.1, -0.05) is 35.3 Å². The summed E-state index contributed by atoms with van der Waals surface area (Å²) in [5.41, 5.74) is 8.84. The normalized spacial score (nSPS) is 18.0. The van der Waals surface area contributed by atoms with Crippen LogP contribution in [-0.4, -0.2) is 39.3 Å². The van der Waals surface area contributed by atoms with Crippen LogP contribution in [0.25, 0.3) is 11.0 Å². The highest BCUT2D eigenvalue weighted by atomic mass is 35.5. The molecule has 5 nitrogen and oxygen atoms in total. The molecule has 2 N–H and O–H groups in total. The zero-order chi connectivity index (χ0) is 18.1. The highest BCUT2D eigenvalue weighted by molar-refractivity contribution is 6.42. The fraction of sp³-hybridized carbons (Fsp3) is 0.368. The fourth-order valence-corrected chi connectivity index (χ4v) is 4.10. The largest absolute Gasteiger partial charge is 0.329 e. The molecule has 0 saturated carbocycles. The predicted molar refractivity (Wildman–Crippen MR) is 106 cm³/mol. The maximum atomic E-state index is 6.35. The van der Waals surface area contributed by atoms with Gasteiger partial charge in [0.1, 0.15) is 0 Å². The summed E-state index contributed by atoms with van der Waals surface area (Å²) in [5, 5.41) is 7.23. The summed E-state index contributed by atoms with van der Waals surface area (Å²) >= 11 is 12.5. The van der Waals surface area contributed by atoms with Crippen LogP contribution < -0.4 is 5.73 Å². The second-order valence-electron chi connectivity index (χ2n) is 6.71. The van der Waals surface area contributed by atoms with Gasteiger partial charge in [-0.2, -0.15) is 5.10 Å². The fourth-order valence-electron chi connectivity index (χ4n) is 3.72. The van der Waals surface area contributed by atoms with Crippen LogP contribution in [-0.2, 0) is 13.1 Å². The zero-order valence-electron chi connectivity index (χ0n) is 14.4. The lowest BCUT2D eigenvalue weighted by molar-refractivity contribution is 0.326. The maximum absolute atomic E-state index is 6.35. The number of nitrogens with zero attached hydrogens (tertiary/aromatic N) is 4. The third kappa shape index (κ3) is 3.32. The quantitative estimate of drug-likeness (QED) is 0.722. The van der Waals surface area contributed by atoms with Crippen molar-refractivity contribution >= 4 is 34.2 Å². The first-order valence-corrected chi connectivity index (χ1v) is 9.59. The number of aromatic nitrogens is 3. The molecule has 0 amide bonds. The van der Waals surface area contributed by atoms with Crippen molar-refractivity contribution in [1.82, 2.24) is 19.7 Å². The summed E-state index contributed by atoms with van der Waals surface area (Å²) in [5.74, 6) is 0.388. The van der Waals surface area contributed by atoms with Crippen LogP contribution in [0.3, 0.4) is 0 Å². The highest BCUT2D eigenvalue weighted by Gasteiger charge is 2.28. The van der Waals surface area contributed by atoms with Crippen molar-refractivity contribution in [3.05, 3.63) is 57.8 Å². The maximum Gasteiger partial charge on any atom is 0.158 e. The van der Waals surface area contributed by atoms with Gasteiger partial charge in [0.15, 0.2) is 5.65 Å². The molecule has 3 aromatic rings. The predicted octanol–water partition coefficient (Wildman–Crippen LogP) is 3.69. The molecule has 1 saturated heterocycles. The lowest BCUT2D eigenvalue weighted by atomic mass is 10.0. The van der Waals surface area contributed by atoms with Gasteiger partial charge in [-0.3, -0.25) is 4.90 Å². The molecule has 26 heavy (non-hydrogen) atoms. The molecule has 4 rings (SSSR count). The van der Waals surface area contributed by atoms with E-state index in [-0.39, 0.29) is 0 Å². The molecule has 1 aliphatic heterocycles. The molecule has 0 unspecified atom stereocenters. The van der Waals surface area contributed by atoms with Crippen LogP contribution in [0.4, 0.5) is 0 Å². The first kappa shape index (κ1) is 17.7. The number of likely N-dealkylation sites (tertiary alicyclic amines) is 1. The van der Waals surface area contributed by atoms with Crippen molar-refractivity contribution in [3.63, 3.8) is 0 Å². The van der Waals surface area contributed by atoms with Crippen LogP contribution in [0.1, 0.15) is 23.6 Å². The number of hydrogen-bond donors (Lipinski definition) is 1. The van der Waals surface area contributed by atoms with Crippen LogP contribution in [0.5, 0.6) is 0 Å². The molecule has 0 bridgehead atoms. The summed E-state index contributed by atoms with van der Waals surface area (Å²) in [6, 6.07) is 9.89. The molecule has 1 atom stereocenters. The molecular formula is C19H21Cl2N5. The molecule has 0 radical (unpaired) electrons. The van der Waals surface area contributed by atoms with Crippen molar-refractivity contribution < 1.29 is 0 Å². The van der Waals surface area contributed by atoms with Gasteiger partial charge in [0.05, 0.1) is 22.3 Å². The van der Waals surface area contributed by atoms with E-state index in [9.17, 15) is 0 Å². The van der Waals surface area contributed by atoms with E-state index in [4.69, 9.17) is 34.0 Å². The molecule has 0 spiro atoms. The topological polar surface area (TPSA) is 60.0 Å². The Hall–Kier alpha value is -1.66. The van der Waals surface area contributed by atoms with Crippen LogP contribution >= 0.6 is 23.2 Å². The van der Waals surface area contributed by atoms with Crippen LogP contribution in [0, 0.1) is 0 Å². The Kier molecular flexibility index (Phi) is 5.14. The third-order valence-electron chi connectivity index (χ3n) is 4.96. The number of fused-ring (bicyclic) bond motifs is 1. The average Bonchev–Trinajstić information content (AvgIpc) is 3.24. The minimum Gasteiger partial charge on any atom is -0.329 e. The second-order valence-corrected chi connectivity index (χ2v) is 7.49. The average molecular weight is 390 g/mol. The van der Waals surface area contributed by atoms with E-state index in [1.165, 1.54) is 0 Å². The monoisotopic (exact) mass is 389 g/mol. The summed E-state index contributed by atoms with van der Waals surface area (Å²) in [4.78, 5) is 6.91. The van der Waals surface area contributed by atoms with E-state index >= 15 is 0 Å². The molecule has 7 heteroatoms. The SMILES string of the molecule is NCCn1nc([C@@H]2CCN(Cc3cccc(Cl)c3Cl)C2)c2cccnc21. The number of halogens is 2. The van der Waals surface area contributed by atoms with Gasteiger partial charge in [0.2, 0.25) is 0 Å². The van der Waals surface area contributed by atoms with E-state index < -0.39 is 0 Å². The molecule has 136 valence electrons. The van der Waals surface area contributed by atoms with Gasteiger partial charge in [0, 0.05) is 37.1 Å². The Morgan fingerprint density at radius 1 is 1.19 bits per heavy atom. The first-order chi connectivity index (χ1) is 12.7. The minimum atomic E-state index is 0.388. The Bertz CT molecular complexity index is 923. The van der Waals surface area contributed by atoms with Crippen molar-refractivity contribution in [2.24, 2.45) is 5.73 Å². The van der Waals surface area contributed by atoms with E-state index in [1.807, 2.05) is 35.1 Å². The van der Waals surface area contributed by atoms with Crippen molar-refractivity contribution in [2.75, 3.05) is 19.6 Å². The smallest absolute Gasteiger partial charge is 0.158 e. The van der Waals surface area contributed by atoms with Gasteiger partial charge in [-0.15, -0.1) is 0 Å². The summed E-state index contributed by atoms with van der Waals surface area (Å²) in [6.45, 7) is 4.00. The standard InChI is InChI=1S/C19H21Cl2N5/c20-16-5-1-3-13(17(16)21)11-25-9-6-14(12-25)18-15-4-2-8-23-19(15)26(24-18)10-7-22/h1-5,8,14H,6-7,9-12,22H2/t14-/m1/s1. The zero-order valence-corrected chi connectivity index (χ0v) is 15.9. The Labute approximate surface area is 162 Å². The van der Waals surface area contributed by atoms with Crippen molar-refractivity contribution in [3.8, 4) is 0 Å². The molecule has 3 heterocycles. The Balaban J connectivity index is 1.56. The molecule has 2 aromatic heterocycles. The third-order valence-corrected chi connectivity index (χ3v) is 5.82. The first-order valence-electron chi connectivity index (χ1n) is 8.84. The van der Waals surface area contributed by atoms with Crippen LogP contribution in [0.15, 0.2) is 36.5 Å². The van der Waals surface area contributed by atoms with Crippen molar-refractivity contribution in [2.45, 2.75) is 25.4 Å². The van der Waals surface area contributed by atoms with E-state index in [2.05, 4.69) is 16.0 Å². The van der Waals surface area contributed by atoms with E-state index in [1.54, 1.807) is 0 Å². The van der Waals surface area contributed by atoms with Gasteiger partial charge >= 0.3 is 0 Å². The molecule has 1 aliphatic rings. The summed E-state index contributed by atoms with van der Waals surface area (Å²) < 4.78 is 1.93. The number of pyridine rings is 1. The number of hydrogen-bond acceptors (Lipinski definition) is 4. The summed E-state index contributed by atoms with van der Waals surface area (Å²) in [7, 11) is 0. The molecule has 1 aromatic carbocycles. The molecule has 0 aliphatic carbocycles. The number of nitrogens with two attached hydrogens (primary N) is 1. The lowest BCUT2D eigenvalue weighted by Gasteiger charge is -2.17. The minimum absolute atomic E-state index is 0.388.